The first kappa shape index (κ1) is 23.8. The van der Waals surface area contributed by atoms with E-state index in [9.17, 15) is 4.79 Å². The van der Waals surface area contributed by atoms with Crippen molar-refractivity contribution in [3.8, 4) is 0 Å². The van der Waals surface area contributed by atoms with E-state index >= 15 is 0 Å². The summed E-state index contributed by atoms with van der Waals surface area (Å²) >= 11 is 0. The van der Waals surface area contributed by atoms with Gasteiger partial charge < -0.3 is 10.8 Å². The molecule has 5 N–H and O–H groups in total. The smallest absolute Gasteiger partial charge is 0.321 e. The molecule has 2 aliphatic rings. The van der Waals surface area contributed by atoms with Crippen molar-refractivity contribution in [2.24, 2.45) is 16.8 Å². The van der Waals surface area contributed by atoms with Crippen LogP contribution in [0.1, 0.15) is 56.2 Å². The van der Waals surface area contributed by atoms with Gasteiger partial charge in [-0.25, -0.2) is 10.6 Å². The first-order valence-electron chi connectivity index (χ1n) is 13.4. The number of hydrazine groups is 1. The van der Waals surface area contributed by atoms with Gasteiger partial charge >= 0.3 is 5.69 Å². The van der Waals surface area contributed by atoms with Gasteiger partial charge in [0.1, 0.15) is 0 Å². The Hall–Kier alpha value is -3.62. The van der Waals surface area contributed by atoms with Crippen molar-refractivity contribution in [3.63, 3.8) is 0 Å². The Bertz CT molecular complexity index is 1470. The van der Waals surface area contributed by atoms with E-state index in [2.05, 4.69) is 57.4 Å². The number of aromatic amines is 1. The number of imidazole rings is 1. The number of amidine groups is 1. The number of para-hydroxylation sites is 2. The summed E-state index contributed by atoms with van der Waals surface area (Å²) in [6, 6.07) is 23.0. The van der Waals surface area contributed by atoms with Gasteiger partial charge in [0, 0.05) is 25.2 Å². The molecule has 1 atom stereocenters. The molecule has 1 aliphatic carbocycles. The Labute approximate surface area is 216 Å². The number of nitrogens with one attached hydrogen (secondary N) is 1. The van der Waals surface area contributed by atoms with E-state index < -0.39 is 0 Å². The van der Waals surface area contributed by atoms with Gasteiger partial charge in [0.25, 0.3) is 0 Å². The Morgan fingerprint density at radius 3 is 2.43 bits per heavy atom. The highest BCUT2D eigenvalue weighted by Crippen LogP contribution is 2.36. The van der Waals surface area contributed by atoms with Crippen LogP contribution in [0.2, 0.25) is 0 Å². The zero-order chi connectivity index (χ0) is 25.4. The largest absolute Gasteiger partial charge is 0.326 e. The summed E-state index contributed by atoms with van der Waals surface area (Å²) in [5.41, 5.74) is 2.98. The molecule has 1 unspecified atom stereocenters. The summed E-state index contributed by atoms with van der Waals surface area (Å²) in [5.74, 6) is 13.6. The summed E-state index contributed by atoms with van der Waals surface area (Å²) in [4.78, 5) is 18.3. The number of benzene rings is 3. The minimum atomic E-state index is -0.164. The summed E-state index contributed by atoms with van der Waals surface area (Å²) in [5, 5.41) is 8.55. The molecular formula is C29H35N7O. The molecule has 1 saturated carbocycles. The molecular weight excluding hydrogens is 462 g/mol. The first-order chi connectivity index (χ1) is 18.2. The number of hydrogen-bond acceptors (Lipinski definition) is 5. The predicted molar refractivity (Wildman–Crippen MR) is 149 cm³/mol. The maximum absolute atomic E-state index is 12.8. The zero-order valence-electron chi connectivity index (χ0n) is 21.1. The summed E-state index contributed by atoms with van der Waals surface area (Å²) in [6.07, 6.45) is 6.19. The molecule has 2 fully saturated rings. The maximum atomic E-state index is 12.8. The Morgan fingerprint density at radius 2 is 1.65 bits per heavy atom. The van der Waals surface area contributed by atoms with Crippen LogP contribution in [-0.2, 0) is 0 Å². The van der Waals surface area contributed by atoms with E-state index in [1.165, 1.54) is 29.2 Å². The van der Waals surface area contributed by atoms with Crippen molar-refractivity contribution in [1.29, 1.82) is 0 Å². The fraction of sp³-hybridized carbons (Fsp3) is 0.379. The molecule has 0 amide bonds. The van der Waals surface area contributed by atoms with Crippen LogP contribution in [0, 0.1) is 0 Å². The maximum Gasteiger partial charge on any atom is 0.326 e. The van der Waals surface area contributed by atoms with Gasteiger partial charge in [0.15, 0.2) is 5.84 Å². The molecule has 192 valence electrons. The van der Waals surface area contributed by atoms with E-state index in [1.807, 2.05) is 33.8 Å². The van der Waals surface area contributed by atoms with E-state index in [1.54, 1.807) is 0 Å². The van der Waals surface area contributed by atoms with E-state index in [0.29, 0.717) is 5.84 Å². The minimum absolute atomic E-state index is 0.0381. The van der Waals surface area contributed by atoms with E-state index in [-0.39, 0.29) is 23.8 Å². The highest BCUT2D eigenvalue weighted by molar-refractivity contribution is 5.95. The Morgan fingerprint density at radius 1 is 0.946 bits per heavy atom. The van der Waals surface area contributed by atoms with Crippen LogP contribution in [0.25, 0.3) is 21.8 Å². The van der Waals surface area contributed by atoms with Crippen LogP contribution >= 0.6 is 0 Å². The number of likely N-dealkylation sites (tertiary alicyclic amines) is 1. The standard InChI is InChI=1S/C29H35N7O/c30-33-28(36(31)22-10-2-3-11-22)27(24-13-7-9-20-8-1-4-12-23(20)24)34-18-16-21(17-19-34)35-26-15-6-5-14-25(26)32-29(35)37/h1,4-9,12-15,21-22,27H,2-3,10-11,16-19,30-31H2,(H,32,37)/b33-28-. The molecule has 0 bridgehead atoms. The lowest BCUT2D eigenvalue weighted by Gasteiger charge is -2.41. The second kappa shape index (κ2) is 10.0. The van der Waals surface area contributed by atoms with Gasteiger partial charge in [-0.2, -0.15) is 5.10 Å². The van der Waals surface area contributed by atoms with E-state index in [0.717, 1.165) is 49.8 Å². The fourth-order valence-electron chi connectivity index (χ4n) is 6.47. The number of hydrazone groups is 1. The highest BCUT2D eigenvalue weighted by atomic mass is 16.1. The molecule has 0 radical (unpaired) electrons. The lowest BCUT2D eigenvalue weighted by molar-refractivity contribution is 0.154. The highest BCUT2D eigenvalue weighted by Gasteiger charge is 2.36. The number of fused-ring (bicyclic) bond motifs is 2. The van der Waals surface area contributed by atoms with Gasteiger partial charge in [0.05, 0.1) is 17.1 Å². The quantitative estimate of drug-likeness (QED) is 0.165. The average molecular weight is 498 g/mol. The SMILES string of the molecule is N/N=C(/C(c1cccc2ccccc12)N1CCC(n2c(=O)[nH]c3ccccc32)CC1)N(N)C1CCCC1. The van der Waals surface area contributed by atoms with Crippen molar-refractivity contribution >= 4 is 27.6 Å². The third kappa shape index (κ3) is 4.30. The number of H-pyrrole nitrogens is 1. The third-order valence-electron chi connectivity index (χ3n) is 8.33. The van der Waals surface area contributed by atoms with Crippen LogP contribution in [0.4, 0.5) is 0 Å². The second-order valence-corrected chi connectivity index (χ2v) is 10.4. The predicted octanol–water partition coefficient (Wildman–Crippen LogP) is 4.25. The number of rotatable bonds is 5. The molecule has 1 aliphatic heterocycles. The van der Waals surface area contributed by atoms with Crippen molar-refractivity contribution in [3.05, 3.63) is 82.8 Å². The lowest BCUT2D eigenvalue weighted by Crippen LogP contribution is -2.52. The topological polar surface area (TPSA) is 109 Å². The molecule has 0 spiro atoms. The number of hydrogen-bond donors (Lipinski definition) is 3. The van der Waals surface area contributed by atoms with Crippen molar-refractivity contribution in [1.82, 2.24) is 19.5 Å². The number of piperidine rings is 1. The minimum Gasteiger partial charge on any atom is -0.321 e. The molecule has 4 aromatic rings. The lowest BCUT2D eigenvalue weighted by atomic mass is 9.93. The van der Waals surface area contributed by atoms with E-state index in [4.69, 9.17) is 11.7 Å². The van der Waals surface area contributed by atoms with Crippen molar-refractivity contribution < 1.29 is 0 Å². The van der Waals surface area contributed by atoms with Gasteiger partial charge in [0.2, 0.25) is 0 Å². The van der Waals surface area contributed by atoms with Crippen molar-refractivity contribution in [2.45, 2.75) is 56.7 Å². The van der Waals surface area contributed by atoms with Gasteiger partial charge in [-0.05, 0) is 54.2 Å². The number of nitrogens with two attached hydrogens (primary N) is 2. The zero-order valence-corrected chi connectivity index (χ0v) is 21.1. The molecule has 1 aromatic heterocycles. The molecule has 8 nitrogen and oxygen atoms in total. The number of nitrogens with zero attached hydrogens (tertiary/aromatic N) is 4. The van der Waals surface area contributed by atoms with Crippen LogP contribution in [-0.4, -0.2) is 44.4 Å². The molecule has 8 heteroatoms. The summed E-state index contributed by atoms with van der Waals surface area (Å²) in [7, 11) is 0. The van der Waals surface area contributed by atoms with Gasteiger partial charge in [-0.3, -0.25) is 14.5 Å². The first-order valence-corrected chi connectivity index (χ1v) is 13.4. The fourth-order valence-corrected chi connectivity index (χ4v) is 6.47. The third-order valence-corrected chi connectivity index (χ3v) is 8.33. The average Bonchev–Trinajstić information content (AvgIpc) is 3.59. The van der Waals surface area contributed by atoms with Crippen molar-refractivity contribution in [2.75, 3.05) is 13.1 Å². The molecule has 37 heavy (non-hydrogen) atoms. The molecule has 2 heterocycles. The van der Waals surface area contributed by atoms with Gasteiger partial charge in [-0.15, -0.1) is 0 Å². The number of aromatic nitrogens is 2. The van der Waals surface area contributed by atoms with Crippen LogP contribution in [0.15, 0.2) is 76.6 Å². The Balaban J connectivity index is 1.35. The normalized spacial score (nSPS) is 19.1. The summed E-state index contributed by atoms with van der Waals surface area (Å²) < 4.78 is 1.94. The van der Waals surface area contributed by atoms with Gasteiger partial charge in [-0.1, -0.05) is 67.4 Å². The molecule has 3 aromatic carbocycles. The second-order valence-electron chi connectivity index (χ2n) is 10.4. The molecule has 6 rings (SSSR count). The van der Waals surface area contributed by atoms with Crippen LogP contribution < -0.4 is 17.4 Å². The molecule has 1 saturated heterocycles. The summed E-state index contributed by atoms with van der Waals surface area (Å²) in [6.45, 7) is 1.62. The van der Waals surface area contributed by atoms with Crippen LogP contribution in [0.3, 0.4) is 0 Å². The monoisotopic (exact) mass is 497 g/mol. The van der Waals surface area contributed by atoms with Crippen LogP contribution in [0.5, 0.6) is 0 Å². The Kier molecular flexibility index (Phi) is 6.44.